The van der Waals surface area contributed by atoms with E-state index in [4.69, 9.17) is 23.8 Å². The summed E-state index contributed by atoms with van der Waals surface area (Å²) in [6, 6.07) is 8.67. The average Bonchev–Trinajstić information content (AvgIpc) is 2.42. The standard InChI is InChI=1S/C15H22ClN3S/c1-11(2)19-9-7-14(8-10-19)18-15(20)17-13-5-3-12(16)4-6-13/h3-6,11,14H,7-10H2,1-2H3,(H2,17,18,20). The van der Waals surface area contributed by atoms with Gasteiger partial charge in [-0.1, -0.05) is 11.6 Å². The molecule has 3 nitrogen and oxygen atoms in total. The van der Waals surface area contributed by atoms with Crippen LogP contribution in [-0.4, -0.2) is 35.2 Å². The van der Waals surface area contributed by atoms with Gasteiger partial charge in [-0.25, -0.2) is 0 Å². The van der Waals surface area contributed by atoms with Crippen molar-refractivity contribution < 1.29 is 0 Å². The molecule has 2 rings (SSSR count). The molecule has 0 bridgehead atoms. The second kappa shape index (κ2) is 7.25. The molecule has 2 N–H and O–H groups in total. The van der Waals surface area contributed by atoms with Crippen molar-refractivity contribution in [2.75, 3.05) is 18.4 Å². The minimum atomic E-state index is 0.470. The Morgan fingerprint density at radius 1 is 1.25 bits per heavy atom. The molecule has 1 aliphatic rings. The molecule has 1 fully saturated rings. The van der Waals surface area contributed by atoms with Crippen LogP contribution in [-0.2, 0) is 0 Å². The summed E-state index contributed by atoms with van der Waals surface area (Å²) in [5.41, 5.74) is 0.964. The molecular formula is C15H22ClN3S. The smallest absolute Gasteiger partial charge is 0.170 e. The fourth-order valence-electron chi connectivity index (χ4n) is 2.45. The lowest BCUT2D eigenvalue weighted by atomic mass is 10.0. The molecule has 0 atom stereocenters. The summed E-state index contributed by atoms with van der Waals surface area (Å²) >= 11 is 11.2. The van der Waals surface area contributed by atoms with Crippen LogP contribution >= 0.6 is 23.8 Å². The number of nitrogens with one attached hydrogen (secondary N) is 2. The van der Waals surface area contributed by atoms with Gasteiger partial charge in [0, 0.05) is 35.9 Å². The van der Waals surface area contributed by atoms with Crippen LogP contribution in [0.15, 0.2) is 24.3 Å². The Morgan fingerprint density at radius 3 is 2.40 bits per heavy atom. The molecule has 0 aromatic heterocycles. The van der Waals surface area contributed by atoms with Crippen molar-refractivity contribution in [3.05, 3.63) is 29.3 Å². The van der Waals surface area contributed by atoms with Crippen LogP contribution in [0.25, 0.3) is 0 Å². The van der Waals surface area contributed by atoms with Crippen molar-refractivity contribution in [1.29, 1.82) is 0 Å². The van der Waals surface area contributed by atoms with E-state index in [1.807, 2.05) is 24.3 Å². The molecule has 110 valence electrons. The van der Waals surface area contributed by atoms with Crippen LogP contribution < -0.4 is 10.6 Å². The molecular weight excluding hydrogens is 290 g/mol. The average molecular weight is 312 g/mol. The highest BCUT2D eigenvalue weighted by Gasteiger charge is 2.21. The van der Waals surface area contributed by atoms with Crippen LogP contribution in [0.2, 0.25) is 5.02 Å². The Bertz CT molecular complexity index is 439. The summed E-state index contributed by atoms with van der Waals surface area (Å²) < 4.78 is 0. The Kier molecular flexibility index (Phi) is 5.64. The third-order valence-electron chi connectivity index (χ3n) is 3.70. The number of halogens is 1. The summed E-state index contributed by atoms with van der Waals surface area (Å²) in [4.78, 5) is 2.51. The Balaban J connectivity index is 1.77. The van der Waals surface area contributed by atoms with Crippen molar-refractivity contribution in [2.24, 2.45) is 0 Å². The molecule has 0 aliphatic carbocycles. The Morgan fingerprint density at radius 2 is 1.85 bits per heavy atom. The first-order valence-corrected chi connectivity index (χ1v) is 7.90. The number of rotatable bonds is 3. The lowest BCUT2D eigenvalue weighted by molar-refractivity contribution is 0.168. The zero-order valence-corrected chi connectivity index (χ0v) is 13.6. The van der Waals surface area contributed by atoms with Gasteiger partial charge >= 0.3 is 0 Å². The van der Waals surface area contributed by atoms with E-state index in [0.717, 1.165) is 36.6 Å². The van der Waals surface area contributed by atoms with Gasteiger partial charge in [0.1, 0.15) is 0 Å². The summed E-state index contributed by atoms with van der Waals surface area (Å²) in [5, 5.41) is 8.02. The second-order valence-electron chi connectivity index (χ2n) is 5.51. The highest BCUT2D eigenvalue weighted by Crippen LogP contribution is 2.15. The summed E-state index contributed by atoms with van der Waals surface area (Å²) in [5.74, 6) is 0. The highest BCUT2D eigenvalue weighted by atomic mass is 35.5. The predicted molar refractivity (Wildman–Crippen MR) is 90.5 cm³/mol. The zero-order chi connectivity index (χ0) is 14.5. The molecule has 1 heterocycles. The predicted octanol–water partition coefficient (Wildman–Crippen LogP) is 3.50. The highest BCUT2D eigenvalue weighted by molar-refractivity contribution is 7.80. The number of likely N-dealkylation sites (tertiary alicyclic amines) is 1. The molecule has 20 heavy (non-hydrogen) atoms. The summed E-state index contributed by atoms with van der Waals surface area (Å²) in [6.07, 6.45) is 2.28. The van der Waals surface area contributed by atoms with Crippen LogP contribution in [0.1, 0.15) is 26.7 Å². The van der Waals surface area contributed by atoms with Gasteiger partial charge in [0.2, 0.25) is 0 Å². The number of nitrogens with zero attached hydrogens (tertiary/aromatic N) is 1. The topological polar surface area (TPSA) is 27.3 Å². The number of piperidine rings is 1. The van der Waals surface area contributed by atoms with E-state index in [9.17, 15) is 0 Å². The molecule has 1 aromatic rings. The molecule has 5 heteroatoms. The van der Waals surface area contributed by atoms with Gasteiger partial charge in [0.25, 0.3) is 0 Å². The monoisotopic (exact) mass is 311 g/mol. The second-order valence-corrected chi connectivity index (χ2v) is 6.35. The van der Waals surface area contributed by atoms with Crippen molar-refractivity contribution >= 4 is 34.6 Å². The van der Waals surface area contributed by atoms with E-state index in [-0.39, 0.29) is 0 Å². The first-order chi connectivity index (χ1) is 9.54. The van der Waals surface area contributed by atoms with Crippen LogP contribution in [0.4, 0.5) is 5.69 Å². The van der Waals surface area contributed by atoms with Crippen LogP contribution in [0.3, 0.4) is 0 Å². The Hall–Kier alpha value is -0.840. The van der Waals surface area contributed by atoms with E-state index in [0.29, 0.717) is 17.2 Å². The Labute approximate surface area is 131 Å². The van der Waals surface area contributed by atoms with E-state index >= 15 is 0 Å². The minimum Gasteiger partial charge on any atom is -0.360 e. The fourth-order valence-corrected chi connectivity index (χ4v) is 2.86. The quantitative estimate of drug-likeness (QED) is 0.836. The third-order valence-corrected chi connectivity index (χ3v) is 4.17. The van der Waals surface area contributed by atoms with E-state index < -0.39 is 0 Å². The maximum Gasteiger partial charge on any atom is 0.170 e. The van der Waals surface area contributed by atoms with E-state index in [2.05, 4.69) is 29.4 Å². The van der Waals surface area contributed by atoms with Crippen molar-refractivity contribution in [3.63, 3.8) is 0 Å². The first-order valence-electron chi connectivity index (χ1n) is 7.12. The summed E-state index contributed by atoms with van der Waals surface area (Å²) in [7, 11) is 0. The van der Waals surface area contributed by atoms with Crippen molar-refractivity contribution in [2.45, 2.75) is 38.8 Å². The van der Waals surface area contributed by atoms with Crippen LogP contribution in [0.5, 0.6) is 0 Å². The van der Waals surface area contributed by atoms with Gasteiger partial charge in [-0.05, 0) is 63.2 Å². The zero-order valence-electron chi connectivity index (χ0n) is 12.0. The SMILES string of the molecule is CC(C)N1CCC(NC(=S)Nc2ccc(Cl)cc2)CC1. The lowest BCUT2D eigenvalue weighted by Gasteiger charge is -2.35. The maximum atomic E-state index is 5.86. The van der Waals surface area contributed by atoms with Crippen LogP contribution in [0, 0.1) is 0 Å². The largest absolute Gasteiger partial charge is 0.360 e. The minimum absolute atomic E-state index is 0.470. The molecule has 0 amide bonds. The maximum absolute atomic E-state index is 5.86. The molecule has 1 saturated heterocycles. The summed E-state index contributed by atoms with van der Waals surface area (Å²) in [6.45, 7) is 6.78. The molecule has 0 saturated carbocycles. The normalized spacial score (nSPS) is 17.2. The first kappa shape index (κ1) is 15.5. The molecule has 0 spiro atoms. The molecule has 0 unspecified atom stereocenters. The number of anilines is 1. The third kappa shape index (κ3) is 4.62. The van der Waals surface area contributed by atoms with Crippen molar-refractivity contribution in [3.8, 4) is 0 Å². The van der Waals surface area contributed by atoms with Gasteiger partial charge in [-0.2, -0.15) is 0 Å². The van der Waals surface area contributed by atoms with E-state index in [1.54, 1.807) is 0 Å². The number of hydrogen-bond acceptors (Lipinski definition) is 2. The fraction of sp³-hybridized carbons (Fsp3) is 0.533. The molecule has 1 aromatic carbocycles. The van der Waals surface area contributed by atoms with Gasteiger partial charge in [-0.15, -0.1) is 0 Å². The van der Waals surface area contributed by atoms with Gasteiger partial charge < -0.3 is 15.5 Å². The van der Waals surface area contributed by atoms with Gasteiger partial charge in [0.05, 0.1) is 0 Å². The number of benzene rings is 1. The van der Waals surface area contributed by atoms with Gasteiger partial charge in [-0.3, -0.25) is 0 Å². The molecule has 1 aliphatic heterocycles. The lowest BCUT2D eigenvalue weighted by Crippen LogP contribution is -2.47. The van der Waals surface area contributed by atoms with Gasteiger partial charge in [0.15, 0.2) is 5.11 Å². The van der Waals surface area contributed by atoms with Crippen molar-refractivity contribution in [1.82, 2.24) is 10.2 Å². The van der Waals surface area contributed by atoms with E-state index in [1.165, 1.54) is 0 Å². The number of hydrogen-bond donors (Lipinski definition) is 2. The number of thiocarbonyl (C=S) groups is 1. The molecule has 0 radical (unpaired) electrons.